The molecule has 0 fully saturated rings. The summed E-state index contributed by atoms with van der Waals surface area (Å²) in [6, 6.07) is 7.69. The van der Waals surface area contributed by atoms with Crippen molar-refractivity contribution in [3.05, 3.63) is 71.5 Å². The number of unbranched alkanes of at least 4 members (excludes halogenated alkanes) is 2. The average molecular weight is 874 g/mol. The first-order valence-corrected chi connectivity index (χ1v) is 23.9. The van der Waals surface area contributed by atoms with E-state index < -0.39 is 78.6 Å². The average Bonchev–Trinajstić information content (AvgIpc) is 3.45. The number of fused-ring (bicyclic) bond motifs is 2. The minimum atomic E-state index is -4.93. The molecule has 2 unspecified atom stereocenters. The number of allylic oxidation sites excluding steroid dienone is 4. The van der Waals surface area contributed by atoms with E-state index in [0.717, 1.165) is 12.1 Å². The Balaban J connectivity index is 1.93. The van der Waals surface area contributed by atoms with Gasteiger partial charge in [0.25, 0.3) is 0 Å². The van der Waals surface area contributed by atoms with Crippen LogP contribution in [0.3, 0.4) is 0 Å². The Morgan fingerprint density at radius 2 is 1.35 bits per heavy atom. The van der Waals surface area contributed by atoms with Crippen LogP contribution in [0.5, 0.6) is 0 Å². The topological polar surface area (TPSA) is 282 Å². The Morgan fingerprint density at radius 3 is 1.89 bits per heavy atom. The summed E-state index contributed by atoms with van der Waals surface area (Å²) in [7, 11) is -17.7. The highest BCUT2D eigenvalue weighted by atomic mass is 32.2. The smallest absolute Gasteiger partial charge is 0.303 e. The fourth-order valence-electron chi connectivity index (χ4n) is 7.72. The third kappa shape index (κ3) is 11.4. The maximum atomic E-state index is 12.2. The van der Waals surface area contributed by atoms with Crippen LogP contribution in [0, 0.1) is 0 Å². The van der Waals surface area contributed by atoms with Gasteiger partial charge in [-0.25, -0.2) is 33.7 Å². The van der Waals surface area contributed by atoms with Crippen molar-refractivity contribution in [3.8, 4) is 0 Å². The molecule has 0 saturated heterocycles. The lowest BCUT2D eigenvalue weighted by atomic mass is 9.75. The zero-order valence-electron chi connectivity index (χ0n) is 31.6. The van der Waals surface area contributed by atoms with Crippen molar-refractivity contribution < 1.29 is 71.1 Å². The molecule has 2 aromatic rings. The summed E-state index contributed by atoms with van der Waals surface area (Å²) in [6.45, 7) is 4.14. The van der Waals surface area contributed by atoms with Crippen molar-refractivity contribution in [3.63, 3.8) is 0 Å². The highest BCUT2D eigenvalue weighted by molar-refractivity contribution is 7.86. The highest BCUT2D eigenvalue weighted by Gasteiger charge is 2.48. The van der Waals surface area contributed by atoms with E-state index in [1.165, 1.54) is 31.4 Å². The predicted molar refractivity (Wildman–Crippen MR) is 203 cm³/mol. The second-order valence-corrected chi connectivity index (χ2v) is 20.3. The summed E-state index contributed by atoms with van der Waals surface area (Å²) < 4.78 is 150. The zero-order valence-corrected chi connectivity index (χ0v) is 34.8. The molecule has 0 amide bonds. The monoisotopic (exact) mass is 873 g/mol. The fraction of sp³-hybridized carbons (Fsp3) is 0.500. The summed E-state index contributed by atoms with van der Waals surface area (Å²) in [6.07, 6.45) is 6.11. The number of aliphatic carboxylic acids is 1. The SMILES string of the molecule is COCCN1/C(=C/C=C/C2=[N+](CCCCCC(=O)O)c3ccc(S(=O)(=O)[O-])cc3C2(C)CCCS(=O)(=O)[O-])C(C)(CCCS(=O)(=O)[O-])c2cc(S(=O)(=O)[O-])ccc21. The molecule has 0 radical (unpaired) electrons. The van der Waals surface area contributed by atoms with Crippen LogP contribution in [-0.4, -0.2) is 112 Å². The van der Waals surface area contributed by atoms with Crippen LogP contribution in [0.2, 0.25) is 0 Å². The molecule has 2 aliphatic heterocycles. The molecule has 2 aliphatic rings. The second kappa shape index (κ2) is 17.8. The minimum Gasteiger partial charge on any atom is -0.748 e. The van der Waals surface area contributed by atoms with Gasteiger partial charge in [-0.3, -0.25) is 4.79 Å². The Bertz CT molecular complexity index is 2410. The normalized spacial score (nSPS) is 20.8. The van der Waals surface area contributed by atoms with E-state index in [0.29, 0.717) is 59.7 Å². The van der Waals surface area contributed by atoms with Crippen molar-refractivity contribution >= 4 is 63.5 Å². The lowest BCUT2D eigenvalue weighted by Gasteiger charge is -2.30. The van der Waals surface area contributed by atoms with Crippen LogP contribution in [0.4, 0.5) is 11.4 Å². The molecule has 21 heteroatoms. The van der Waals surface area contributed by atoms with E-state index in [9.17, 15) is 56.7 Å². The molecule has 2 heterocycles. The van der Waals surface area contributed by atoms with Crippen LogP contribution in [0.15, 0.2) is 70.1 Å². The van der Waals surface area contributed by atoms with Gasteiger partial charge in [-0.1, -0.05) is 6.08 Å². The molecule has 316 valence electrons. The quantitative estimate of drug-likeness (QED) is 0.107. The van der Waals surface area contributed by atoms with Gasteiger partial charge in [0.1, 0.15) is 26.8 Å². The van der Waals surface area contributed by atoms with E-state index in [-0.39, 0.29) is 45.3 Å². The van der Waals surface area contributed by atoms with E-state index in [2.05, 4.69) is 0 Å². The minimum absolute atomic E-state index is 0.0226. The molecule has 0 aliphatic carbocycles. The van der Waals surface area contributed by atoms with E-state index in [4.69, 9.17) is 9.84 Å². The fourth-order valence-corrected chi connectivity index (χ4v) is 9.71. The Labute approximate surface area is 333 Å². The van der Waals surface area contributed by atoms with Crippen LogP contribution in [0.1, 0.15) is 76.3 Å². The number of rotatable bonds is 21. The van der Waals surface area contributed by atoms with Gasteiger partial charge in [-0.2, -0.15) is 4.58 Å². The van der Waals surface area contributed by atoms with Gasteiger partial charge in [-0.15, -0.1) is 0 Å². The summed E-state index contributed by atoms with van der Waals surface area (Å²) >= 11 is 0. The Morgan fingerprint density at radius 1 is 0.789 bits per heavy atom. The number of carboxylic acids is 1. The molecular weight excluding hydrogens is 829 g/mol. The van der Waals surface area contributed by atoms with Crippen LogP contribution in [-0.2, 0) is 60.8 Å². The van der Waals surface area contributed by atoms with Gasteiger partial charge in [0.15, 0.2) is 5.71 Å². The molecule has 1 N–H and O–H groups in total. The molecule has 57 heavy (non-hydrogen) atoms. The van der Waals surface area contributed by atoms with Crippen molar-refractivity contribution in [2.75, 3.05) is 43.2 Å². The summed E-state index contributed by atoms with van der Waals surface area (Å²) in [5.74, 6) is -2.40. The molecule has 0 saturated carbocycles. The number of carboxylic acid groups (broad SMARTS) is 1. The maximum absolute atomic E-state index is 12.2. The summed E-state index contributed by atoms with van der Waals surface area (Å²) in [4.78, 5) is 11.9. The standard InChI is InChI=1S/C36H48N2O15S4/c1-35(17-8-22-54(41,42)43)28-24-26(56(47,48)49)13-15-30(28)37(19-6-4-5-12-34(39)40)32(35)10-7-11-33-36(2,18-9-23-55(44,45)46)29-25-27(57(50,51)52)14-16-31(29)38(33)20-21-53-3/h7,10-11,13-16,24-25H,4-6,8-9,12,17-23H2,1-3H3,(H4-,39,40,41,42,43,44,45,46,47,48,49,50,51,52)/p-3. The van der Waals surface area contributed by atoms with Gasteiger partial charge in [0.05, 0.1) is 42.0 Å². The lowest BCUT2D eigenvalue weighted by Crippen LogP contribution is -2.32. The molecular formula is C36H45N2O15S4-3. The number of nitrogens with zero attached hydrogens (tertiary/aromatic N) is 2. The zero-order chi connectivity index (χ0) is 42.6. The Hall–Kier alpha value is -3.54. The second-order valence-electron chi connectivity index (χ2n) is 14.5. The van der Waals surface area contributed by atoms with E-state index >= 15 is 0 Å². The van der Waals surface area contributed by atoms with Crippen LogP contribution >= 0.6 is 0 Å². The molecule has 0 aromatic heterocycles. The van der Waals surface area contributed by atoms with Crippen molar-refractivity contribution in [1.82, 2.24) is 0 Å². The van der Waals surface area contributed by atoms with Crippen molar-refractivity contribution in [2.45, 2.75) is 85.8 Å². The van der Waals surface area contributed by atoms with E-state index in [1.807, 2.05) is 9.48 Å². The lowest BCUT2D eigenvalue weighted by molar-refractivity contribution is -0.438. The van der Waals surface area contributed by atoms with Gasteiger partial charge < -0.3 is 33.0 Å². The number of methoxy groups -OCH3 is 1. The first kappa shape index (κ1) is 46.2. The first-order valence-electron chi connectivity index (χ1n) is 17.9. The highest BCUT2D eigenvalue weighted by Crippen LogP contribution is 2.51. The number of carbonyl (C=O) groups is 1. The molecule has 17 nitrogen and oxygen atoms in total. The Kier molecular flexibility index (Phi) is 14.4. The number of ether oxygens (including phenoxy) is 1. The first-order chi connectivity index (χ1) is 26.3. The van der Waals surface area contributed by atoms with Gasteiger partial charge in [0, 0.05) is 72.5 Å². The molecule has 4 rings (SSSR count). The third-order valence-electron chi connectivity index (χ3n) is 10.4. The van der Waals surface area contributed by atoms with Crippen LogP contribution < -0.4 is 4.90 Å². The number of anilines is 1. The van der Waals surface area contributed by atoms with Gasteiger partial charge >= 0.3 is 5.97 Å². The number of hydrogen-bond acceptors (Lipinski definition) is 15. The summed E-state index contributed by atoms with van der Waals surface area (Å²) in [5.41, 5.74) is 0.488. The van der Waals surface area contributed by atoms with Crippen molar-refractivity contribution in [1.29, 1.82) is 0 Å². The molecule has 2 aromatic carbocycles. The predicted octanol–water partition coefficient (Wildman–Crippen LogP) is 3.01. The maximum Gasteiger partial charge on any atom is 0.303 e. The largest absolute Gasteiger partial charge is 0.748 e. The van der Waals surface area contributed by atoms with Gasteiger partial charge in [0.2, 0.25) is 5.69 Å². The van der Waals surface area contributed by atoms with Crippen molar-refractivity contribution in [2.24, 2.45) is 0 Å². The van der Waals surface area contributed by atoms with Crippen LogP contribution in [0.25, 0.3) is 0 Å². The van der Waals surface area contributed by atoms with Gasteiger partial charge in [-0.05, 0) is 94.3 Å². The molecule has 2 atom stereocenters. The number of benzene rings is 2. The molecule has 0 bridgehead atoms. The number of hydrogen-bond donors (Lipinski definition) is 1. The molecule has 0 spiro atoms. The third-order valence-corrected chi connectivity index (χ3v) is 13.7. The van der Waals surface area contributed by atoms with E-state index in [1.54, 1.807) is 32.1 Å². The summed E-state index contributed by atoms with van der Waals surface area (Å²) in [5, 5.41) is 9.12.